The van der Waals surface area contributed by atoms with E-state index < -0.39 is 22.8 Å². The molecule has 2 aromatic carbocycles. The van der Waals surface area contributed by atoms with Crippen LogP contribution in [0, 0.1) is 5.41 Å². The minimum absolute atomic E-state index is 0.0884. The number of hydrazone groups is 1. The fraction of sp³-hybridized carbons (Fsp3) is 0.440. The Kier molecular flexibility index (Phi) is 6.88. The van der Waals surface area contributed by atoms with Crippen LogP contribution in [0.15, 0.2) is 53.6 Å². The first-order valence-corrected chi connectivity index (χ1v) is 10.8. The molecular weight excluding hydrogens is 433 g/mol. The zero-order chi connectivity index (χ0) is 24.4. The van der Waals surface area contributed by atoms with Crippen LogP contribution < -0.4 is 9.75 Å². The van der Waals surface area contributed by atoms with Gasteiger partial charge in [0.25, 0.3) is 5.91 Å². The van der Waals surface area contributed by atoms with Crippen molar-refractivity contribution in [3.8, 4) is 5.75 Å². The third kappa shape index (κ3) is 5.74. The number of carbonyl (C=O) groups excluding carboxylic acids is 1. The molecule has 0 atom stereocenters. The number of aliphatic hydroxyl groups excluding tert-OH is 1. The summed E-state index contributed by atoms with van der Waals surface area (Å²) in [4.78, 5) is 12.9. The quantitative estimate of drug-likeness (QED) is 0.555. The molecule has 0 saturated carbocycles. The van der Waals surface area contributed by atoms with Crippen LogP contribution in [-0.4, -0.2) is 28.9 Å². The van der Waals surface area contributed by atoms with Gasteiger partial charge in [0.1, 0.15) is 11.4 Å². The van der Waals surface area contributed by atoms with E-state index in [1.165, 1.54) is 17.1 Å². The van der Waals surface area contributed by atoms with Crippen molar-refractivity contribution in [1.29, 1.82) is 0 Å². The zero-order valence-corrected chi connectivity index (χ0v) is 19.2. The second-order valence-corrected chi connectivity index (χ2v) is 9.35. The van der Waals surface area contributed by atoms with Crippen LogP contribution in [0.5, 0.6) is 5.75 Å². The zero-order valence-electron chi connectivity index (χ0n) is 19.2. The van der Waals surface area contributed by atoms with Gasteiger partial charge in [-0.15, -0.1) is 0 Å². The summed E-state index contributed by atoms with van der Waals surface area (Å²) in [5.41, 5.74) is -0.117. The predicted molar refractivity (Wildman–Crippen MR) is 121 cm³/mol. The van der Waals surface area contributed by atoms with Crippen LogP contribution in [0.1, 0.15) is 51.7 Å². The van der Waals surface area contributed by atoms with Crippen molar-refractivity contribution in [3.05, 3.63) is 59.7 Å². The highest BCUT2D eigenvalue weighted by Gasteiger charge is 2.43. The molecule has 3 rings (SSSR count). The molecule has 1 heterocycles. The highest BCUT2D eigenvalue weighted by Crippen LogP contribution is 2.36. The Morgan fingerprint density at radius 1 is 1.00 bits per heavy atom. The van der Waals surface area contributed by atoms with Crippen LogP contribution in [0.25, 0.3) is 0 Å². The number of benzene rings is 2. The lowest BCUT2D eigenvalue weighted by Gasteiger charge is -2.24. The van der Waals surface area contributed by atoms with Gasteiger partial charge in [-0.1, -0.05) is 12.1 Å². The minimum atomic E-state index is -4.43. The third-order valence-electron chi connectivity index (χ3n) is 5.69. The first-order chi connectivity index (χ1) is 15.3. The number of halogens is 3. The number of hydrogen-bond donors (Lipinski definition) is 1. The number of amides is 1. The van der Waals surface area contributed by atoms with E-state index in [1.807, 2.05) is 24.3 Å². The average molecular weight is 463 g/mol. The van der Waals surface area contributed by atoms with Gasteiger partial charge in [0, 0.05) is 0 Å². The van der Waals surface area contributed by atoms with Crippen LogP contribution >= 0.6 is 0 Å². The molecule has 0 radical (unpaired) electrons. The fourth-order valence-corrected chi connectivity index (χ4v) is 3.54. The van der Waals surface area contributed by atoms with E-state index in [4.69, 9.17) is 4.74 Å². The van der Waals surface area contributed by atoms with Gasteiger partial charge in [-0.3, -0.25) is 4.79 Å². The average Bonchev–Trinajstić information content (AvgIpc) is 2.98. The smallest absolute Gasteiger partial charge is 0.416 e. The maximum atomic E-state index is 12.9. The SMILES string of the molecule is CC(C)(CO)Oc1ccc(CCCC2=NN(c3ccc(C(F)(F)F)cc3)C(=O)C2(C)C)cc1. The summed E-state index contributed by atoms with van der Waals surface area (Å²) >= 11 is 0. The van der Waals surface area contributed by atoms with Crippen molar-refractivity contribution in [1.82, 2.24) is 0 Å². The molecular formula is C25H29F3N2O3. The van der Waals surface area contributed by atoms with Crippen molar-refractivity contribution in [2.24, 2.45) is 10.5 Å². The molecule has 1 N–H and O–H groups in total. The summed E-state index contributed by atoms with van der Waals surface area (Å²) in [5, 5.41) is 15.0. The molecule has 0 aliphatic carbocycles. The Morgan fingerprint density at radius 3 is 2.15 bits per heavy atom. The Morgan fingerprint density at radius 2 is 1.61 bits per heavy atom. The van der Waals surface area contributed by atoms with Gasteiger partial charge in [-0.25, -0.2) is 5.01 Å². The number of anilines is 1. The van der Waals surface area contributed by atoms with Crippen LogP contribution in [0.3, 0.4) is 0 Å². The topological polar surface area (TPSA) is 62.1 Å². The summed E-state index contributed by atoms with van der Waals surface area (Å²) in [5.74, 6) is 0.419. The number of aryl methyl sites for hydroxylation is 1. The lowest BCUT2D eigenvalue weighted by Crippen LogP contribution is -2.34. The van der Waals surface area contributed by atoms with Gasteiger partial charge in [-0.2, -0.15) is 18.3 Å². The summed E-state index contributed by atoms with van der Waals surface area (Å²) in [7, 11) is 0. The molecule has 5 nitrogen and oxygen atoms in total. The standard InChI is InChI=1S/C25H29F3N2O3/c1-23(2,16-31)33-20-14-8-17(9-15-20)6-5-7-21-24(3,4)22(32)30(29-21)19-12-10-18(11-13-19)25(26,27)28/h8-15,31H,5-7,16H2,1-4H3. The lowest BCUT2D eigenvalue weighted by atomic mass is 9.84. The van der Waals surface area contributed by atoms with Crippen molar-refractivity contribution in [2.75, 3.05) is 11.6 Å². The Hall–Kier alpha value is -2.87. The summed E-state index contributed by atoms with van der Waals surface area (Å²) in [6.45, 7) is 7.09. The summed E-state index contributed by atoms with van der Waals surface area (Å²) in [6, 6.07) is 12.1. The van der Waals surface area contributed by atoms with Crippen LogP contribution in [0.2, 0.25) is 0 Å². The molecule has 1 aliphatic heterocycles. The van der Waals surface area contributed by atoms with Gasteiger partial charge in [0.05, 0.1) is 29.0 Å². The molecule has 0 fully saturated rings. The molecule has 33 heavy (non-hydrogen) atoms. The van der Waals surface area contributed by atoms with E-state index in [9.17, 15) is 23.1 Å². The van der Waals surface area contributed by atoms with E-state index in [0.717, 1.165) is 30.5 Å². The molecule has 0 unspecified atom stereocenters. The van der Waals surface area contributed by atoms with E-state index in [2.05, 4.69) is 5.10 Å². The first kappa shape index (κ1) is 24.8. The molecule has 0 bridgehead atoms. The molecule has 8 heteroatoms. The number of aliphatic hydroxyl groups is 1. The predicted octanol–water partition coefficient (Wildman–Crippen LogP) is 5.61. The molecule has 178 valence electrons. The van der Waals surface area contributed by atoms with E-state index in [0.29, 0.717) is 23.6 Å². The van der Waals surface area contributed by atoms with Gasteiger partial charge in [-0.05, 0) is 88.9 Å². The van der Waals surface area contributed by atoms with Crippen molar-refractivity contribution in [3.63, 3.8) is 0 Å². The van der Waals surface area contributed by atoms with E-state index in [1.54, 1.807) is 27.7 Å². The van der Waals surface area contributed by atoms with Gasteiger partial charge in [0.15, 0.2) is 0 Å². The number of hydrogen-bond acceptors (Lipinski definition) is 4. The van der Waals surface area contributed by atoms with Crippen molar-refractivity contribution < 1.29 is 27.8 Å². The Balaban J connectivity index is 1.64. The number of carbonyl (C=O) groups is 1. The molecule has 1 aliphatic rings. The lowest BCUT2D eigenvalue weighted by molar-refractivity contribution is -0.137. The first-order valence-electron chi connectivity index (χ1n) is 10.8. The monoisotopic (exact) mass is 462 g/mol. The van der Waals surface area contributed by atoms with Crippen LogP contribution in [-0.2, 0) is 17.4 Å². The molecule has 2 aromatic rings. The van der Waals surface area contributed by atoms with Crippen molar-refractivity contribution in [2.45, 2.75) is 58.7 Å². The Bertz CT molecular complexity index is 1010. The largest absolute Gasteiger partial charge is 0.485 e. The molecule has 0 aromatic heterocycles. The minimum Gasteiger partial charge on any atom is -0.485 e. The fourth-order valence-electron chi connectivity index (χ4n) is 3.54. The Labute approximate surface area is 191 Å². The second kappa shape index (κ2) is 9.17. The normalized spacial score (nSPS) is 16.2. The van der Waals surface area contributed by atoms with Crippen molar-refractivity contribution >= 4 is 17.3 Å². The highest BCUT2D eigenvalue weighted by atomic mass is 19.4. The molecule has 1 amide bonds. The highest BCUT2D eigenvalue weighted by molar-refractivity contribution is 6.18. The van der Waals surface area contributed by atoms with Gasteiger partial charge >= 0.3 is 6.18 Å². The summed E-state index contributed by atoms with van der Waals surface area (Å²) in [6.07, 6.45) is -2.31. The number of rotatable bonds is 8. The summed E-state index contributed by atoms with van der Waals surface area (Å²) < 4.78 is 44.2. The van der Waals surface area contributed by atoms with Gasteiger partial charge < -0.3 is 9.84 Å². The van der Waals surface area contributed by atoms with Gasteiger partial charge in [0.2, 0.25) is 0 Å². The number of nitrogens with zero attached hydrogens (tertiary/aromatic N) is 2. The van der Waals surface area contributed by atoms with Crippen LogP contribution in [0.4, 0.5) is 18.9 Å². The van der Waals surface area contributed by atoms with E-state index in [-0.39, 0.29) is 12.5 Å². The molecule has 0 spiro atoms. The molecule has 0 saturated heterocycles. The maximum absolute atomic E-state index is 12.9. The van der Waals surface area contributed by atoms with E-state index >= 15 is 0 Å². The third-order valence-corrected chi connectivity index (χ3v) is 5.69. The number of ether oxygens (including phenoxy) is 1. The maximum Gasteiger partial charge on any atom is 0.416 e. The second-order valence-electron chi connectivity index (χ2n) is 9.35. The number of alkyl halides is 3.